The summed E-state index contributed by atoms with van der Waals surface area (Å²) < 4.78 is 55.1. The molecule has 0 saturated carbocycles. The third kappa shape index (κ3) is 3.15. The molecule has 1 atom stereocenters. The second kappa shape index (κ2) is 4.71. The average molecular weight is 277 g/mol. The third-order valence-corrected chi connectivity index (χ3v) is 2.63. The Morgan fingerprint density at radius 1 is 1.47 bits per heavy atom. The Balaban J connectivity index is 2.30. The molecule has 19 heavy (non-hydrogen) atoms. The first-order valence-electron chi connectivity index (χ1n) is 5.59. The molecule has 104 valence electrons. The minimum Gasteiger partial charge on any atom is -0.487 e. The fraction of sp³-hybridized carbons (Fsp3) is 0.417. The number of hydrogen-bond acceptors (Lipinski definition) is 2. The zero-order chi connectivity index (χ0) is 14.2. The number of anilines is 1. The van der Waals surface area contributed by atoms with Crippen molar-refractivity contribution >= 4 is 11.6 Å². The number of rotatable bonds is 1. The zero-order valence-corrected chi connectivity index (χ0v) is 10.00. The number of carbonyl (C=O) groups excluding carboxylic acids is 1. The van der Waals surface area contributed by atoms with Crippen molar-refractivity contribution in [1.29, 1.82) is 0 Å². The van der Waals surface area contributed by atoms with E-state index in [-0.39, 0.29) is 18.0 Å². The van der Waals surface area contributed by atoms with Gasteiger partial charge in [0.1, 0.15) is 24.1 Å². The van der Waals surface area contributed by atoms with Crippen LogP contribution in [-0.2, 0) is 4.79 Å². The van der Waals surface area contributed by atoms with E-state index < -0.39 is 30.4 Å². The molecule has 1 aliphatic heterocycles. The van der Waals surface area contributed by atoms with E-state index in [4.69, 9.17) is 4.74 Å². The average Bonchev–Trinajstić information content (AvgIpc) is 2.24. The van der Waals surface area contributed by atoms with E-state index in [0.29, 0.717) is 0 Å². The molecule has 7 heteroatoms. The second-order valence-corrected chi connectivity index (χ2v) is 4.34. The largest absolute Gasteiger partial charge is 0.487 e. The maximum absolute atomic E-state index is 13.1. The van der Waals surface area contributed by atoms with Gasteiger partial charge >= 0.3 is 6.18 Å². The number of hydrogen-bond donors (Lipinski definition) is 0. The van der Waals surface area contributed by atoms with E-state index in [1.165, 1.54) is 6.07 Å². The van der Waals surface area contributed by atoms with Gasteiger partial charge in [0, 0.05) is 6.07 Å². The van der Waals surface area contributed by atoms with Crippen molar-refractivity contribution in [2.75, 3.05) is 11.4 Å². The van der Waals surface area contributed by atoms with Crippen molar-refractivity contribution in [3.63, 3.8) is 0 Å². The van der Waals surface area contributed by atoms with Crippen molar-refractivity contribution in [1.82, 2.24) is 0 Å². The molecule has 0 N–H and O–H groups in total. The molecule has 0 saturated heterocycles. The maximum Gasteiger partial charge on any atom is 0.397 e. The Hall–Kier alpha value is -1.79. The van der Waals surface area contributed by atoms with Crippen molar-refractivity contribution < 1.29 is 27.1 Å². The Bertz CT molecular complexity index is 501. The molecule has 0 radical (unpaired) electrons. The first-order valence-corrected chi connectivity index (χ1v) is 5.59. The van der Waals surface area contributed by atoms with Gasteiger partial charge in [0.2, 0.25) is 5.91 Å². The molecule has 0 bridgehead atoms. The van der Waals surface area contributed by atoms with Crippen LogP contribution in [0.15, 0.2) is 18.2 Å². The van der Waals surface area contributed by atoms with Gasteiger partial charge in [0.25, 0.3) is 0 Å². The molecular formula is C12H11F4NO2. The van der Waals surface area contributed by atoms with Crippen LogP contribution < -0.4 is 9.64 Å². The van der Waals surface area contributed by atoms with Crippen LogP contribution in [-0.4, -0.2) is 24.7 Å². The van der Waals surface area contributed by atoms with Crippen LogP contribution in [0.25, 0.3) is 0 Å². The predicted octanol–water partition coefficient (Wildman–Crippen LogP) is 2.89. The molecule has 1 aromatic carbocycles. The molecule has 0 fully saturated rings. The minimum absolute atomic E-state index is 0.00749. The van der Waals surface area contributed by atoms with Crippen LogP contribution in [0.4, 0.5) is 23.2 Å². The smallest absolute Gasteiger partial charge is 0.397 e. The van der Waals surface area contributed by atoms with Gasteiger partial charge < -0.3 is 9.64 Å². The molecule has 2 rings (SSSR count). The highest BCUT2D eigenvalue weighted by Gasteiger charge is 2.36. The predicted molar refractivity (Wildman–Crippen MR) is 59.5 cm³/mol. The van der Waals surface area contributed by atoms with Crippen molar-refractivity contribution in [2.24, 2.45) is 0 Å². The molecule has 1 aliphatic rings. The fourth-order valence-electron chi connectivity index (χ4n) is 1.92. The van der Waals surface area contributed by atoms with E-state index in [1.54, 1.807) is 6.92 Å². The molecule has 0 spiro atoms. The number of halogens is 4. The van der Waals surface area contributed by atoms with Gasteiger partial charge in [-0.05, 0) is 19.1 Å². The summed E-state index contributed by atoms with van der Waals surface area (Å²) in [6.07, 6.45) is -6.61. The van der Waals surface area contributed by atoms with Crippen LogP contribution in [0, 0.1) is 5.82 Å². The van der Waals surface area contributed by atoms with E-state index in [1.807, 2.05) is 0 Å². The van der Waals surface area contributed by atoms with Gasteiger partial charge in [-0.1, -0.05) is 0 Å². The Labute approximate surface area is 106 Å². The first kappa shape index (κ1) is 13.6. The standard InChI is InChI=1S/C12H11F4NO2/c1-7-6-17(11(18)5-12(14,15)16)9-3-2-8(13)4-10(9)19-7/h2-4,7H,5-6H2,1H3. The van der Waals surface area contributed by atoms with Crippen LogP contribution in [0.1, 0.15) is 13.3 Å². The molecule has 1 aromatic rings. The number of nitrogens with zero attached hydrogens (tertiary/aromatic N) is 1. The number of amides is 1. The summed E-state index contributed by atoms with van der Waals surface area (Å²) in [6, 6.07) is 3.37. The Morgan fingerprint density at radius 3 is 2.79 bits per heavy atom. The quantitative estimate of drug-likeness (QED) is 0.739. The summed E-state index contributed by atoms with van der Waals surface area (Å²) in [7, 11) is 0. The van der Waals surface area contributed by atoms with E-state index >= 15 is 0 Å². The van der Waals surface area contributed by atoms with Crippen LogP contribution in [0.2, 0.25) is 0 Å². The lowest BCUT2D eigenvalue weighted by Gasteiger charge is -2.33. The highest BCUT2D eigenvalue weighted by atomic mass is 19.4. The third-order valence-electron chi connectivity index (χ3n) is 2.63. The van der Waals surface area contributed by atoms with E-state index in [9.17, 15) is 22.4 Å². The van der Waals surface area contributed by atoms with Crippen molar-refractivity contribution in [2.45, 2.75) is 25.6 Å². The molecule has 3 nitrogen and oxygen atoms in total. The molecule has 1 unspecified atom stereocenters. The maximum atomic E-state index is 13.1. The van der Waals surface area contributed by atoms with Crippen molar-refractivity contribution in [3.8, 4) is 5.75 Å². The van der Waals surface area contributed by atoms with Gasteiger partial charge in [0.15, 0.2) is 0 Å². The molecule has 1 amide bonds. The highest BCUT2D eigenvalue weighted by molar-refractivity contribution is 5.95. The Kier molecular flexibility index (Phi) is 3.38. The number of ether oxygens (including phenoxy) is 1. The van der Waals surface area contributed by atoms with E-state index in [2.05, 4.69) is 0 Å². The molecule has 0 aromatic heterocycles. The number of alkyl halides is 3. The van der Waals surface area contributed by atoms with Gasteiger partial charge in [-0.15, -0.1) is 0 Å². The van der Waals surface area contributed by atoms with Gasteiger partial charge in [-0.2, -0.15) is 13.2 Å². The van der Waals surface area contributed by atoms with Gasteiger partial charge in [0.05, 0.1) is 12.2 Å². The summed E-state index contributed by atoms with van der Waals surface area (Å²) in [4.78, 5) is 12.6. The van der Waals surface area contributed by atoms with Crippen LogP contribution in [0.3, 0.4) is 0 Å². The summed E-state index contributed by atoms with van der Waals surface area (Å²) in [5, 5.41) is 0. The zero-order valence-electron chi connectivity index (χ0n) is 10.00. The SMILES string of the molecule is CC1CN(C(=O)CC(F)(F)F)c2ccc(F)cc2O1. The summed E-state index contributed by atoms with van der Waals surface area (Å²) in [6.45, 7) is 1.61. The minimum atomic E-state index is -4.57. The number of fused-ring (bicyclic) bond motifs is 1. The summed E-state index contributed by atoms with van der Waals surface area (Å²) in [5.74, 6) is -1.57. The molecule has 1 heterocycles. The lowest BCUT2D eigenvalue weighted by molar-refractivity contribution is -0.152. The lowest BCUT2D eigenvalue weighted by atomic mass is 10.1. The Morgan fingerprint density at radius 2 is 2.16 bits per heavy atom. The van der Waals surface area contributed by atoms with Crippen molar-refractivity contribution in [3.05, 3.63) is 24.0 Å². The topological polar surface area (TPSA) is 29.5 Å². The lowest BCUT2D eigenvalue weighted by Crippen LogP contribution is -2.43. The monoisotopic (exact) mass is 277 g/mol. The number of carbonyl (C=O) groups is 1. The normalized spacial score (nSPS) is 18.8. The van der Waals surface area contributed by atoms with Gasteiger partial charge in [-0.3, -0.25) is 4.79 Å². The summed E-state index contributed by atoms with van der Waals surface area (Å²) in [5.41, 5.74) is 0.161. The van der Waals surface area contributed by atoms with Crippen LogP contribution >= 0.6 is 0 Å². The van der Waals surface area contributed by atoms with Crippen LogP contribution in [0.5, 0.6) is 5.75 Å². The highest BCUT2D eigenvalue weighted by Crippen LogP contribution is 2.35. The number of benzene rings is 1. The first-order chi connectivity index (χ1) is 8.76. The molecule has 0 aliphatic carbocycles. The summed E-state index contributed by atoms with van der Waals surface area (Å²) >= 11 is 0. The fourth-order valence-corrected chi connectivity index (χ4v) is 1.92. The molecular weight excluding hydrogens is 266 g/mol. The van der Waals surface area contributed by atoms with Gasteiger partial charge in [-0.25, -0.2) is 4.39 Å². The second-order valence-electron chi connectivity index (χ2n) is 4.34. The van der Waals surface area contributed by atoms with E-state index in [0.717, 1.165) is 17.0 Å².